The maximum atomic E-state index is 12.3. The Morgan fingerprint density at radius 2 is 1.93 bits per heavy atom. The van der Waals surface area contributed by atoms with Gasteiger partial charge in [0.25, 0.3) is 5.91 Å². The van der Waals surface area contributed by atoms with Crippen molar-refractivity contribution in [2.45, 2.75) is 33.6 Å². The number of aromatic nitrogens is 1. The number of aryl methyl sites for hydroxylation is 2. The molecule has 1 heterocycles. The number of fused-ring (bicyclic) bond motifs is 1. The number of halogens is 1. The van der Waals surface area contributed by atoms with Gasteiger partial charge in [-0.05, 0) is 61.7 Å². The fourth-order valence-electron chi connectivity index (χ4n) is 2.80. The summed E-state index contributed by atoms with van der Waals surface area (Å²) < 4.78 is 13.4. The van der Waals surface area contributed by atoms with Crippen LogP contribution in [0, 0.1) is 13.8 Å². The molecule has 28 heavy (non-hydrogen) atoms. The van der Waals surface area contributed by atoms with Crippen molar-refractivity contribution in [3.8, 4) is 11.5 Å². The summed E-state index contributed by atoms with van der Waals surface area (Å²) in [5.41, 5.74) is 2.80. The molecule has 1 aromatic heterocycles. The van der Waals surface area contributed by atoms with E-state index >= 15 is 0 Å². The number of rotatable bonds is 8. The number of hydrogen-bond acceptors (Lipinski definition) is 5. The van der Waals surface area contributed by atoms with E-state index < -0.39 is 0 Å². The number of carbonyl (C=O) groups excluding carboxylic acids is 1. The van der Waals surface area contributed by atoms with Gasteiger partial charge in [-0.1, -0.05) is 40.6 Å². The van der Waals surface area contributed by atoms with Gasteiger partial charge in [-0.15, -0.1) is 0 Å². The Hall–Kier alpha value is -2.12. The average molecular weight is 463 g/mol. The minimum absolute atomic E-state index is 0.0649. The number of thiazole rings is 1. The Morgan fingerprint density at radius 1 is 1.18 bits per heavy atom. The minimum Gasteiger partial charge on any atom is -0.494 e. The number of anilines is 1. The number of unbranched alkanes of at least 4 members (excludes halogenated alkanes) is 1. The molecule has 7 heteroatoms. The zero-order valence-corrected chi connectivity index (χ0v) is 18.6. The third-order valence-corrected chi connectivity index (χ3v) is 5.54. The number of nitrogens with zero attached hydrogens (tertiary/aromatic N) is 1. The fourth-order valence-corrected chi connectivity index (χ4v) is 4.40. The van der Waals surface area contributed by atoms with Gasteiger partial charge in [0.05, 0.1) is 16.8 Å². The van der Waals surface area contributed by atoms with Crippen molar-refractivity contribution in [1.82, 2.24) is 4.98 Å². The molecule has 0 aliphatic rings. The van der Waals surface area contributed by atoms with Crippen molar-refractivity contribution in [2.24, 2.45) is 0 Å². The molecule has 0 fully saturated rings. The Morgan fingerprint density at radius 3 is 2.64 bits per heavy atom. The molecule has 2 aromatic carbocycles. The molecule has 5 nitrogen and oxygen atoms in total. The van der Waals surface area contributed by atoms with Crippen LogP contribution in [0.2, 0.25) is 0 Å². The molecule has 0 spiro atoms. The smallest absolute Gasteiger partial charge is 0.264 e. The summed E-state index contributed by atoms with van der Waals surface area (Å²) in [6.45, 7) is 6.69. The second-order valence-electron chi connectivity index (χ2n) is 6.56. The van der Waals surface area contributed by atoms with E-state index in [0.29, 0.717) is 11.7 Å². The Balaban J connectivity index is 1.61. The summed E-state index contributed by atoms with van der Waals surface area (Å²) in [6.07, 6.45) is 2.12. The van der Waals surface area contributed by atoms with Crippen LogP contribution in [0.1, 0.15) is 30.9 Å². The molecule has 0 saturated carbocycles. The lowest BCUT2D eigenvalue weighted by Gasteiger charge is -2.12. The molecule has 3 aromatic rings. The van der Waals surface area contributed by atoms with Crippen LogP contribution in [0.3, 0.4) is 0 Å². The third-order valence-electron chi connectivity index (χ3n) is 4.15. The van der Waals surface area contributed by atoms with Crippen LogP contribution in [0.25, 0.3) is 10.2 Å². The van der Waals surface area contributed by atoms with Crippen LogP contribution < -0.4 is 14.8 Å². The van der Waals surface area contributed by atoms with Gasteiger partial charge in [-0.3, -0.25) is 10.1 Å². The van der Waals surface area contributed by atoms with Gasteiger partial charge in [0.15, 0.2) is 11.7 Å². The minimum atomic E-state index is -0.236. The van der Waals surface area contributed by atoms with Gasteiger partial charge in [0, 0.05) is 4.47 Å². The molecule has 0 bridgehead atoms. The van der Waals surface area contributed by atoms with Crippen LogP contribution in [-0.2, 0) is 4.79 Å². The van der Waals surface area contributed by atoms with E-state index in [-0.39, 0.29) is 12.5 Å². The fraction of sp³-hybridized carbons (Fsp3) is 0.333. The lowest BCUT2D eigenvalue weighted by molar-refractivity contribution is -0.118. The van der Waals surface area contributed by atoms with E-state index in [9.17, 15) is 4.79 Å². The van der Waals surface area contributed by atoms with E-state index in [2.05, 4.69) is 33.2 Å². The highest BCUT2D eigenvalue weighted by Gasteiger charge is 2.12. The molecule has 148 valence electrons. The number of benzene rings is 2. The summed E-state index contributed by atoms with van der Waals surface area (Å²) in [6, 6.07) is 9.71. The average Bonchev–Trinajstić information content (AvgIpc) is 3.02. The molecule has 0 aliphatic heterocycles. The van der Waals surface area contributed by atoms with Crippen molar-refractivity contribution in [2.75, 3.05) is 18.5 Å². The first-order valence-electron chi connectivity index (χ1n) is 9.19. The maximum absolute atomic E-state index is 12.3. The molecule has 1 amide bonds. The summed E-state index contributed by atoms with van der Waals surface area (Å²) in [4.78, 5) is 16.8. The molecule has 0 unspecified atom stereocenters. The summed E-state index contributed by atoms with van der Waals surface area (Å²) in [7, 11) is 0. The van der Waals surface area contributed by atoms with Crippen molar-refractivity contribution < 1.29 is 14.3 Å². The standard InChI is InChI=1S/C21H23BrN2O3S/c1-4-5-8-26-16-6-7-17-18(11-16)28-21(23-17)24-19(25)12-27-20-13(2)9-15(22)10-14(20)3/h6-7,9-11H,4-5,8,12H2,1-3H3,(H,23,24,25). The van der Waals surface area contributed by atoms with E-state index in [4.69, 9.17) is 9.47 Å². The lowest BCUT2D eigenvalue weighted by Crippen LogP contribution is -2.20. The van der Waals surface area contributed by atoms with Gasteiger partial charge >= 0.3 is 0 Å². The van der Waals surface area contributed by atoms with Crippen molar-refractivity contribution in [3.63, 3.8) is 0 Å². The summed E-state index contributed by atoms with van der Waals surface area (Å²) >= 11 is 4.88. The van der Waals surface area contributed by atoms with E-state index in [0.717, 1.165) is 50.2 Å². The Kier molecular flexibility index (Phi) is 6.91. The first-order chi connectivity index (χ1) is 13.5. The second kappa shape index (κ2) is 9.39. The van der Waals surface area contributed by atoms with Gasteiger partial charge in [0.1, 0.15) is 11.5 Å². The monoisotopic (exact) mass is 462 g/mol. The first kappa shape index (κ1) is 20.6. The quantitative estimate of drug-likeness (QED) is 0.425. The molecular weight excluding hydrogens is 440 g/mol. The Labute approximate surface area is 177 Å². The molecule has 0 atom stereocenters. The van der Waals surface area contributed by atoms with Crippen LogP contribution in [0.5, 0.6) is 11.5 Å². The number of amides is 1. The largest absolute Gasteiger partial charge is 0.494 e. The van der Waals surface area contributed by atoms with Gasteiger partial charge in [-0.25, -0.2) is 4.98 Å². The van der Waals surface area contributed by atoms with Crippen LogP contribution in [-0.4, -0.2) is 24.1 Å². The highest BCUT2D eigenvalue weighted by atomic mass is 79.9. The third kappa shape index (κ3) is 5.23. The summed E-state index contributed by atoms with van der Waals surface area (Å²) in [5, 5.41) is 3.37. The number of hydrogen-bond donors (Lipinski definition) is 1. The second-order valence-corrected chi connectivity index (χ2v) is 8.50. The molecule has 0 radical (unpaired) electrons. The number of nitrogens with one attached hydrogen (secondary N) is 1. The zero-order valence-electron chi connectivity index (χ0n) is 16.2. The normalized spacial score (nSPS) is 10.9. The molecular formula is C21H23BrN2O3S. The van der Waals surface area contributed by atoms with Crippen LogP contribution in [0.4, 0.5) is 5.13 Å². The van der Waals surface area contributed by atoms with E-state index in [1.807, 2.05) is 44.2 Å². The number of ether oxygens (including phenoxy) is 2. The molecule has 0 saturated heterocycles. The molecule has 1 N–H and O–H groups in total. The van der Waals surface area contributed by atoms with Crippen molar-refractivity contribution in [3.05, 3.63) is 45.9 Å². The zero-order chi connectivity index (χ0) is 20.1. The van der Waals surface area contributed by atoms with Crippen LogP contribution >= 0.6 is 27.3 Å². The highest BCUT2D eigenvalue weighted by Crippen LogP contribution is 2.30. The van der Waals surface area contributed by atoms with E-state index in [1.165, 1.54) is 11.3 Å². The summed E-state index contributed by atoms with van der Waals surface area (Å²) in [5.74, 6) is 1.32. The highest BCUT2D eigenvalue weighted by molar-refractivity contribution is 9.10. The van der Waals surface area contributed by atoms with E-state index in [1.54, 1.807) is 0 Å². The predicted octanol–water partition coefficient (Wildman–Crippen LogP) is 5.87. The van der Waals surface area contributed by atoms with Crippen LogP contribution in [0.15, 0.2) is 34.8 Å². The number of carbonyl (C=O) groups is 1. The van der Waals surface area contributed by atoms with Gasteiger partial charge in [0.2, 0.25) is 0 Å². The van der Waals surface area contributed by atoms with Crippen molar-refractivity contribution in [1.29, 1.82) is 0 Å². The van der Waals surface area contributed by atoms with Gasteiger partial charge in [-0.2, -0.15) is 0 Å². The molecule has 3 rings (SSSR count). The molecule has 0 aliphatic carbocycles. The predicted molar refractivity (Wildman–Crippen MR) is 118 cm³/mol. The SMILES string of the molecule is CCCCOc1ccc2nc(NC(=O)COc3c(C)cc(Br)cc3C)sc2c1. The van der Waals surface area contributed by atoms with Gasteiger partial charge < -0.3 is 9.47 Å². The lowest BCUT2D eigenvalue weighted by atomic mass is 10.1. The maximum Gasteiger partial charge on any atom is 0.264 e. The Bertz CT molecular complexity index is 964. The topological polar surface area (TPSA) is 60.5 Å². The first-order valence-corrected chi connectivity index (χ1v) is 10.8. The van der Waals surface area contributed by atoms with Crippen molar-refractivity contribution >= 4 is 48.5 Å².